The normalized spacial score (nSPS) is 10.7. The second kappa shape index (κ2) is 7.42. The highest BCUT2D eigenvalue weighted by Crippen LogP contribution is 2.30. The monoisotopic (exact) mass is 314 g/mol. The molecule has 0 unspecified atom stereocenters. The number of ketones is 1. The molecule has 0 heterocycles. The Morgan fingerprint density at radius 3 is 2.17 bits per heavy atom. The van der Waals surface area contributed by atoms with Crippen LogP contribution in [0.3, 0.4) is 0 Å². The van der Waals surface area contributed by atoms with Crippen molar-refractivity contribution in [2.75, 3.05) is 0 Å². The van der Waals surface area contributed by atoms with Gasteiger partial charge in [0.25, 0.3) is 0 Å². The lowest BCUT2D eigenvalue weighted by atomic mass is 10.0. The Morgan fingerprint density at radius 1 is 0.792 bits per heavy atom. The molecule has 118 valence electrons. The second-order valence-electron chi connectivity index (χ2n) is 5.33. The van der Waals surface area contributed by atoms with Gasteiger partial charge < -0.3 is 4.74 Å². The molecular weight excluding hydrogens is 296 g/mol. The number of benzene rings is 3. The molecule has 0 saturated carbocycles. The van der Waals surface area contributed by atoms with Crippen molar-refractivity contribution < 1.29 is 9.53 Å². The zero-order valence-electron chi connectivity index (χ0n) is 13.5. The summed E-state index contributed by atoms with van der Waals surface area (Å²) in [5, 5.41) is 0. The molecule has 2 heteroatoms. The van der Waals surface area contributed by atoms with E-state index in [2.05, 4.69) is 0 Å². The summed E-state index contributed by atoms with van der Waals surface area (Å²) in [5.41, 5.74) is 2.18. The van der Waals surface area contributed by atoms with E-state index in [-0.39, 0.29) is 5.78 Å². The molecular formula is C22H18O2. The molecule has 0 spiro atoms. The van der Waals surface area contributed by atoms with Gasteiger partial charge in [0.15, 0.2) is 5.78 Å². The van der Waals surface area contributed by atoms with E-state index >= 15 is 0 Å². The Labute approximate surface area is 142 Å². The van der Waals surface area contributed by atoms with Crippen LogP contribution in [0.5, 0.6) is 11.5 Å². The minimum absolute atomic E-state index is 0.0466. The van der Waals surface area contributed by atoms with Gasteiger partial charge in [-0.05, 0) is 25.1 Å². The summed E-state index contributed by atoms with van der Waals surface area (Å²) in [6.45, 7) is 1.96. The van der Waals surface area contributed by atoms with Crippen LogP contribution in [-0.2, 0) is 0 Å². The van der Waals surface area contributed by atoms with Crippen molar-refractivity contribution >= 4 is 11.9 Å². The lowest BCUT2D eigenvalue weighted by Gasteiger charge is -2.12. The van der Waals surface area contributed by atoms with Gasteiger partial charge >= 0.3 is 0 Å². The molecule has 2 nitrogen and oxygen atoms in total. The number of para-hydroxylation sites is 2. The maximum atomic E-state index is 12.8. The van der Waals surface area contributed by atoms with Crippen LogP contribution >= 0.6 is 0 Å². The van der Waals surface area contributed by atoms with E-state index in [4.69, 9.17) is 4.74 Å². The maximum absolute atomic E-state index is 12.8. The summed E-state index contributed by atoms with van der Waals surface area (Å²) in [4.78, 5) is 12.8. The first-order valence-electron chi connectivity index (χ1n) is 7.88. The van der Waals surface area contributed by atoms with Crippen molar-refractivity contribution in [3.8, 4) is 11.5 Å². The van der Waals surface area contributed by atoms with Gasteiger partial charge in [-0.15, -0.1) is 0 Å². The molecule has 0 atom stereocenters. The number of carbonyl (C=O) groups excluding carboxylic acids is 1. The fourth-order valence-corrected chi connectivity index (χ4v) is 2.50. The molecule has 3 rings (SSSR count). The Kier molecular flexibility index (Phi) is 4.87. The molecule has 0 aliphatic rings. The quantitative estimate of drug-likeness (QED) is 0.561. The summed E-state index contributed by atoms with van der Waals surface area (Å²) in [5.74, 6) is 1.24. The van der Waals surface area contributed by atoms with Crippen molar-refractivity contribution in [1.29, 1.82) is 0 Å². The maximum Gasteiger partial charge on any atom is 0.196 e. The standard InChI is InChI=1S/C22H18O2/c1-2-10-17-11-6-8-15-20(17)24-21-16-9-7-14-19(21)22(23)18-12-4-3-5-13-18/h2-16H,1H3/b10-2-. The molecule has 0 amide bonds. The number of hydrogen-bond acceptors (Lipinski definition) is 2. The average Bonchev–Trinajstić information content (AvgIpc) is 2.64. The van der Waals surface area contributed by atoms with Gasteiger partial charge in [0.2, 0.25) is 0 Å². The van der Waals surface area contributed by atoms with Crippen LogP contribution in [0.4, 0.5) is 0 Å². The predicted molar refractivity (Wildman–Crippen MR) is 97.5 cm³/mol. The van der Waals surface area contributed by atoms with E-state index in [0.29, 0.717) is 16.9 Å². The molecule has 3 aromatic carbocycles. The number of rotatable bonds is 5. The van der Waals surface area contributed by atoms with Crippen LogP contribution in [0.2, 0.25) is 0 Å². The third-order valence-electron chi connectivity index (χ3n) is 3.65. The van der Waals surface area contributed by atoms with Crippen molar-refractivity contribution in [2.45, 2.75) is 6.92 Å². The summed E-state index contributed by atoms with van der Waals surface area (Å²) in [7, 11) is 0. The number of allylic oxidation sites excluding steroid dienone is 1. The highest BCUT2D eigenvalue weighted by molar-refractivity contribution is 6.10. The van der Waals surface area contributed by atoms with Gasteiger partial charge in [0, 0.05) is 11.1 Å². The van der Waals surface area contributed by atoms with E-state index in [1.54, 1.807) is 6.07 Å². The summed E-state index contributed by atoms with van der Waals surface area (Å²) in [6.07, 6.45) is 3.94. The first kappa shape index (κ1) is 15.8. The lowest BCUT2D eigenvalue weighted by Crippen LogP contribution is -2.03. The number of carbonyl (C=O) groups is 1. The number of hydrogen-bond donors (Lipinski definition) is 0. The van der Waals surface area contributed by atoms with Gasteiger partial charge in [-0.1, -0.05) is 72.8 Å². The summed E-state index contributed by atoms with van der Waals surface area (Å²) >= 11 is 0. The SMILES string of the molecule is C/C=C\c1ccccc1Oc1ccccc1C(=O)c1ccccc1. The van der Waals surface area contributed by atoms with Crippen LogP contribution in [0.15, 0.2) is 84.9 Å². The smallest absolute Gasteiger partial charge is 0.196 e. The van der Waals surface area contributed by atoms with Crippen molar-refractivity contribution in [3.05, 3.63) is 102 Å². The van der Waals surface area contributed by atoms with Crippen molar-refractivity contribution in [3.63, 3.8) is 0 Å². The van der Waals surface area contributed by atoms with Gasteiger partial charge in [-0.3, -0.25) is 4.79 Å². The van der Waals surface area contributed by atoms with E-state index in [1.807, 2.05) is 91.9 Å². The molecule has 0 aliphatic heterocycles. The minimum Gasteiger partial charge on any atom is -0.456 e. The fourth-order valence-electron chi connectivity index (χ4n) is 2.50. The third-order valence-corrected chi connectivity index (χ3v) is 3.65. The Hall–Kier alpha value is -3.13. The van der Waals surface area contributed by atoms with Gasteiger partial charge in [-0.25, -0.2) is 0 Å². The Bertz CT molecular complexity index is 864. The van der Waals surface area contributed by atoms with Crippen molar-refractivity contribution in [2.24, 2.45) is 0 Å². The summed E-state index contributed by atoms with van der Waals surface area (Å²) in [6, 6.07) is 24.3. The molecule has 0 aromatic heterocycles. The fraction of sp³-hybridized carbons (Fsp3) is 0.0455. The average molecular weight is 314 g/mol. The van der Waals surface area contributed by atoms with Crippen LogP contribution in [0.1, 0.15) is 28.4 Å². The van der Waals surface area contributed by atoms with E-state index in [1.165, 1.54) is 0 Å². The number of ether oxygens (including phenoxy) is 1. The lowest BCUT2D eigenvalue weighted by molar-refractivity contribution is 0.103. The third kappa shape index (κ3) is 3.44. The Balaban J connectivity index is 1.98. The molecule has 0 aliphatic carbocycles. The van der Waals surface area contributed by atoms with Crippen LogP contribution in [0.25, 0.3) is 6.08 Å². The minimum atomic E-state index is -0.0466. The summed E-state index contributed by atoms with van der Waals surface area (Å²) < 4.78 is 6.06. The van der Waals surface area contributed by atoms with Crippen LogP contribution in [-0.4, -0.2) is 5.78 Å². The molecule has 24 heavy (non-hydrogen) atoms. The molecule has 0 bridgehead atoms. The Morgan fingerprint density at radius 2 is 1.42 bits per heavy atom. The first-order chi connectivity index (χ1) is 11.8. The highest BCUT2D eigenvalue weighted by atomic mass is 16.5. The molecule has 3 aromatic rings. The second-order valence-corrected chi connectivity index (χ2v) is 5.33. The zero-order chi connectivity index (χ0) is 16.8. The van der Waals surface area contributed by atoms with Gasteiger partial charge in [0.1, 0.15) is 11.5 Å². The predicted octanol–water partition coefficient (Wildman–Crippen LogP) is 5.74. The van der Waals surface area contributed by atoms with E-state index in [0.717, 1.165) is 11.3 Å². The zero-order valence-corrected chi connectivity index (χ0v) is 13.5. The first-order valence-corrected chi connectivity index (χ1v) is 7.88. The van der Waals surface area contributed by atoms with E-state index < -0.39 is 0 Å². The highest BCUT2D eigenvalue weighted by Gasteiger charge is 2.15. The molecule has 0 radical (unpaired) electrons. The van der Waals surface area contributed by atoms with Crippen LogP contribution in [0, 0.1) is 0 Å². The molecule has 0 saturated heterocycles. The molecule has 0 fully saturated rings. The van der Waals surface area contributed by atoms with E-state index in [9.17, 15) is 4.79 Å². The topological polar surface area (TPSA) is 26.3 Å². The van der Waals surface area contributed by atoms with Crippen molar-refractivity contribution in [1.82, 2.24) is 0 Å². The van der Waals surface area contributed by atoms with Gasteiger partial charge in [0.05, 0.1) is 5.56 Å². The largest absolute Gasteiger partial charge is 0.456 e. The van der Waals surface area contributed by atoms with Gasteiger partial charge in [-0.2, -0.15) is 0 Å². The van der Waals surface area contributed by atoms with Crippen LogP contribution < -0.4 is 4.74 Å². The molecule has 0 N–H and O–H groups in total.